The van der Waals surface area contributed by atoms with Crippen LogP contribution in [0.2, 0.25) is 0 Å². The lowest BCUT2D eigenvalue weighted by Crippen LogP contribution is -2.36. The summed E-state index contributed by atoms with van der Waals surface area (Å²) in [5, 5.41) is 2.84. The van der Waals surface area contributed by atoms with E-state index in [0.29, 0.717) is 19.1 Å². The molecule has 1 heterocycles. The van der Waals surface area contributed by atoms with Crippen LogP contribution in [0.25, 0.3) is 0 Å². The third kappa shape index (κ3) is 5.87. The van der Waals surface area contributed by atoms with Gasteiger partial charge >= 0.3 is 0 Å². The highest BCUT2D eigenvalue weighted by atomic mass is 16.5. The molecule has 31 heavy (non-hydrogen) atoms. The second-order valence-electron chi connectivity index (χ2n) is 8.73. The van der Waals surface area contributed by atoms with Gasteiger partial charge in [-0.2, -0.15) is 0 Å². The molecule has 0 aliphatic carbocycles. The van der Waals surface area contributed by atoms with Crippen molar-refractivity contribution in [2.45, 2.75) is 66.0 Å². The van der Waals surface area contributed by atoms with Crippen LogP contribution in [0.1, 0.15) is 69.7 Å². The summed E-state index contributed by atoms with van der Waals surface area (Å²) in [4.78, 5) is 26.7. The Kier molecular flexibility index (Phi) is 7.72. The van der Waals surface area contributed by atoms with Crippen molar-refractivity contribution in [1.82, 2.24) is 5.32 Å². The summed E-state index contributed by atoms with van der Waals surface area (Å²) >= 11 is 0. The molecule has 0 aromatic heterocycles. The topological polar surface area (TPSA) is 58.6 Å². The standard InChI is InChI=1S/C26H34N2O3/c1-5-6-7-20-10-13-24-23(16-20)25(27-19(4)29)26(30)28(24)17-21-8-11-22(12-9-21)31-15-14-18(2)3/h8-13,16,18,25H,5-7,14-15,17H2,1-4H3,(H,27,29)/t25-/m0/s1. The lowest BCUT2D eigenvalue weighted by molar-refractivity contribution is -0.126. The minimum absolute atomic E-state index is 0.0879. The Morgan fingerprint density at radius 1 is 1.13 bits per heavy atom. The molecular weight excluding hydrogens is 388 g/mol. The number of carbonyl (C=O) groups excluding carboxylic acids is 2. The number of carbonyl (C=O) groups is 2. The number of unbranched alkanes of at least 4 members (excludes halogenated alkanes) is 1. The molecule has 2 aromatic carbocycles. The van der Waals surface area contributed by atoms with Gasteiger partial charge in [-0.3, -0.25) is 9.59 Å². The van der Waals surface area contributed by atoms with Crippen molar-refractivity contribution in [2.75, 3.05) is 11.5 Å². The van der Waals surface area contributed by atoms with E-state index in [1.165, 1.54) is 12.5 Å². The summed E-state index contributed by atoms with van der Waals surface area (Å²) in [6.07, 6.45) is 4.22. The average Bonchev–Trinajstić information content (AvgIpc) is 2.98. The Morgan fingerprint density at radius 2 is 1.84 bits per heavy atom. The number of aryl methyl sites for hydroxylation is 1. The van der Waals surface area contributed by atoms with Crippen molar-refractivity contribution in [3.05, 3.63) is 59.2 Å². The van der Waals surface area contributed by atoms with E-state index in [9.17, 15) is 9.59 Å². The van der Waals surface area contributed by atoms with E-state index in [2.05, 4.69) is 38.2 Å². The van der Waals surface area contributed by atoms with E-state index in [4.69, 9.17) is 4.74 Å². The molecule has 2 aromatic rings. The van der Waals surface area contributed by atoms with Crippen LogP contribution in [-0.4, -0.2) is 18.4 Å². The summed E-state index contributed by atoms with van der Waals surface area (Å²) in [7, 11) is 0. The number of anilines is 1. The lowest BCUT2D eigenvalue weighted by atomic mass is 10.0. The number of hydrogen-bond acceptors (Lipinski definition) is 3. The molecule has 0 unspecified atom stereocenters. The molecule has 5 nitrogen and oxygen atoms in total. The molecule has 0 saturated heterocycles. The van der Waals surface area contributed by atoms with Gasteiger partial charge in [-0.15, -0.1) is 0 Å². The number of rotatable bonds is 10. The number of amides is 2. The molecule has 0 fully saturated rings. The quantitative estimate of drug-likeness (QED) is 0.574. The predicted molar refractivity (Wildman–Crippen MR) is 124 cm³/mol. The van der Waals surface area contributed by atoms with E-state index in [1.807, 2.05) is 30.3 Å². The van der Waals surface area contributed by atoms with Gasteiger partial charge in [0.25, 0.3) is 5.91 Å². The minimum Gasteiger partial charge on any atom is -0.494 e. The minimum atomic E-state index is -0.618. The van der Waals surface area contributed by atoms with Gasteiger partial charge in [-0.25, -0.2) is 0 Å². The lowest BCUT2D eigenvalue weighted by Gasteiger charge is -2.19. The summed E-state index contributed by atoms with van der Waals surface area (Å²) in [5.74, 6) is 1.16. The Bertz CT molecular complexity index is 905. The van der Waals surface area contributed by atoms with Crippen molar-refractivity contribution < 1.29 is 14.3 Å². The smallest absolute Gasteiger partial charge is 0.254 e. The number of ether oxygens (including phenoxy) is 1. The monoisotopic (exact) mass is 422 g/mol. The molecule has 0 radical (unpaired) electrons. The van der Waals surface area contributed by atoms with Crippen LogP contribution in [-0.2, 0) is 22.6 Å². The van der Waals surface area contributed by atoms with Crippen molar-refractivity contribution in [1.29, 1.82) is 0 Å². The largest absolute Gasteiger partial charge is 0.494 e. The normalized spacial score (nSPS) is 15.3. The second-order valence-corrected chi connectivity index (χ2v) is 8.73. The molecule has 0 bridgehead atoms. The fourth-order valence-electron chi connectivity index (χ4n) is 3.82. The first-order valence-electron chi connectivity index (χ1n) is 11.3. The first-order valence-corrected chi connectivity index (χ1v) is 11.3. The number of nitrogens with one attached hydrogen (secondary N) is 1. The highest BCUT2D eigenvalue weighted by Crippen LogP contribution is 2.38. The van der Waals surface area contributed by atoms with Gasteiger partial charge in [0.15, 0.2) is 0 Å². The zero-order chi connectivity index (χ0) is 22.4. The van der Waals surface area contributed by atoms with Gasteiger partial charge in [0, 0.05) is 18.2 Å². The average molecular weight is 423 g/mol. The van der Waals surface area contributed by atoms with Crippen LogP contribution in [0.5, 0.6) is 5.75 Å². The summed E-state index contributed by atoms with van der Waals surface area (Å²) in [5.41, 5.74) is 3.99. The van der Waals surface area contributed by atoms with Gasteiger partial charge in [-0.1, -0.05) is 51.5 Å². The maximum absolute atomic E-state index is 13.2. The molecule has 2 amide bonds. The maximum atomic E-state index is 13.2. The van der Waals surface area contributed by atoms with E-state index < -0.39 is 6.04 Å². The van der Waals surface area contributed by atoms with E-state index in [0.717, 1.165) is 48.2 Å². The molecule has 1 aliphatic heterocycles. The molecule has 0 spiro atoms. The van der Waals surface area contributed by atoms with E-state index in [-0.39, 0.29) is 11.8 Å². The van der Waals surface area contributed by atoms with E-state index in [1.54, 1.807) is 4.90 Å². The Morgan fingerprint density at radius 3 is 2.48 bits per heavy atom. The van der Waals surface area contributed by atoms with Crippen molar-refractivity contribution in [2.24, 2.45) is 5.92 Å². The molecule has 3 rings (SSSR count). The van der Waals surface area contributed by atoms with Crippen LogP contribution < -0.4 is 15.0 Å². The molecule has 1 N–H and O–H groups in total. The molecule has 1 aliphatic rings. The summed E-state index contributed by atoms with van der Waals surface area (Å²) in [6.45, 7) is 9.14. The first-order chi connectivity index (χ1) is 14.9. The highest BCUT2D eigenvalue weighted by molar-refractivity contribution is 6.06. The van der Waals surface area contributed by atoms with Crippen molar-refractivity contribution in [3.63, 3.8) is 0 Å². The molecular formula is C26H34N2O3. The number of nitrogens with zero attached hydrogens (tertiary/aromatic N) is 1. The second kappa shape index (κ2) is 10.5. The van der Waals surface area contributed by atoms with Gasteiger partial charge in [-0.05, 0) is 54.5 Å². The zero-order valence-electron chi connectivity index (χ0n) is 19.1. The summed E-state index contributed by atoms with van der Waals surface area (Å²) in [6, 6.07) is 13.5. The molecule has 1 atom stereocenters. The SMILES string of the molecule is CCCCc1ccc2c(c1)[C@H](NC(C)=O)C(=O)N2Cc1ccc(OCCC(C)C)cc1. The van der Waals surface area contributed by atoms with Gasteiger partial charge in [0.2, 0.25) is 5.91 Å². The van der Waals surface area contributed by atoms with Crippen LogP contribution in [0.4, 0.5) is 5.69 Å². The number of fused-ring (bicyclic) bond motifs is 1. The van der Waals surface area contributed by atoms with Crippen LogP contribution in [0.15, 0.2) is 42.5 Å². The maximum Gasteiger partial charge on any atom is 0.254 e. The van der Waals surface area contributed by atoms with Crippen molar-refractivity contribution >= 4 is 17.5 Å². The van der Waals surface area contributed by atoms with E-state index >= 15 is 0 Å². The van der Waals surface area contributed by atoms with Gasteiger partial charge in [0.1, 0.15) is 11.8 Å². The fourth-order valence-corrected chi connectivity index (χ4v) is 3.82. The molecule has 5 heteroatoms. The van der Waals surface area contributed by atoms with Gasteiger partial charge < -0.3 is 15.0 Å². The first kappa shape index (κ1) is 22.9. The molecule has 166 valence electrons. The number of benzene rings is 2. The molecule has 0 saturated carbocycles. The van der Waals surface area contributed by atoms with Crippen LogP contribution in [0, 0.1) is 5.92 Å². The Hall–Kier alpha value is -2.82. The Balaban J connectivity index is 1.77. The zero-order valence-corrected chi connectivity index (χ0v) is 19.1. The Labute approximate surface area is 185 Å². The van der Waals surface area contributed by atoms with Crippen LogP contribution in [0.3, 0.4) is 0 Å². The van der Waals surface area contributed by atoms with Crippen LogP contribution >= 0.6 is 0 Å². The van der Waals surface area contributed by atoms with Gasteiger partial charge in [0.05, 0.1) is 13.2 Å². The van der Waals surface area contributed by atoms with Crippen molar-refractivity contribution in [3.8, 4) is 5.75 Å². The highest BCUT2D eigenvalue weighted by Gasteiger charge is 2.37. The summed E-state index contributed by atoms with van der Waals surface area (Å²) < 4.78 is 5.80. The number of hydrogen-bond donors (Lipinski definition) is 1. The predicted octanol–water partition coefficient (Wildman–Crippen LogP) is 5.18. The third-order valence-corrected chi connectivity index (χ3v) is 5.60. The fraction of sp³-hybridized carbons (Fsp3) is 0.462. The third-order valence-electron chi connectivity index (χ3n) is 5.60.